The highest BCUT2D eigenvalue weighted by molar-refractivity contribution is 7.71. The van der Waals surface area contributed by atoms with Crippen LogP contribution < -0.4 is 16.1 Å². The topological polar surface area (TPSA) is 85.9 Å². The highest BCUT2D eigenvalue weighted by Gasteiger charge is 2.08. The van der Waals surface area contributed by atoms with Crippen LogP contribution >= 0.6 is 12.2 Å². The van der Waals surface area contributed by atoms with E-state index >= 15 is 0 Å². The van der Waals surface area contributed by atoms with Crippen LogP contribution in [0.1, 0.15) is 13.8 Å². The number of nitrogens with one attached hydrogen (secondary N) is 1. The molecule has 0 aliphatic rings. The van der Waals surface area contributed by atoms with Crippen molar-refractivity contribution < 1.29 is 4.74 Å². The molecule has 0 saturated heterocycles. The minimum absolute atomic E-state index is 0.0773. The number of ether oxygens (including phenoxy) is 1. The number of hydrogen-bond acceptors (Lipinski definition) is 5. The van der Waals surface area contributed by atoms with Gasteiger partial charge in [0.25, 0.3) is 5.56 Å². The number of nitrogens with two attached hydrogens (primary N) is 1. The number of hydrogen-bond donors (Lipinski definition) is 2. The Hall–Kier alpha value is -2.15. The number of rotatable bonds is 3. The molecule has 2 rings (SSSR count). The Bertz CT molecular complexity index is 688. The quantitative estimate of drug-likeness (QED) is 0.656. The summed E-state index contributed by atoms with van der Waals surface area (Å²) in [5.74, 6) is 6.25. The summed E-state index contributed by atoms with van der Waals surface area (Å²) in [6.45, 7) is 3.89. The normalized spacial score (nSPS) is 10.7. The summed E-state index contributed by atoms with van der Waals surface area (Å²) in [6.07, 6.45) is 0.0954. The van der Waals surface area contributed by atoms with Gasteiger partial charge in [-0.15, -0.1) is 0 Å². The van der Waals surface area contributed by atoms with Crippen LogP contribution in [0.2, 0.25) is 0 Å². The Kier molecular flexibility index (Phi) is 3.66. The SMILES string of the molecule is CC(C)Oc1ccc(-c2n[nH]c(=S)n(N)c2=O)cc1. The summed E-state index contributed by atoms with van der Waals surface area (Å²) in [5, 5.41) is 6.44. The summed E-state index contributed by atoms with van der Waals surface area (Å²) in [4.78, 5) is 11.9. The van der Waals surface area contributed by atoms with Gasteiger partial charge < -0.3 is 10.6 Å². The van der Waals surface area contributed by atoms with Crippen LogP contribution in [0.3, 0.4) is 0 Å². The van der Waals surface area contributed by atoms with Gasteiger partial charge in [0.1, 0.15) is 5.75 Å². The summed E-state index contributed by atoms with van der Waals surface area (Å²) in [6, 6.07) is 7.05. The van der Waals surface area contributed by atoms with Crippen LogP contribution in [0.5, 0.6) is 5.75 Å². The molecule has 0 bridgehead atoms. The molecule has 0 aliphatic heterocycles. The van der Waals surface area contributed by atoms with E-state index in [2.05, 4.69) is 10.2 Å². The van der Waals surface area contributed by atoms with Gasteiger partial charge in [0.2, 0.25) is 4.77 Å². The van der Waals surface area contributed by atoms with Crippen LogP contribution in [-0.4, -0.2) is 21.0 Å². The predicted octanol–water partition coefficient (Wildman–Crippen LogP) is 1.47. The summed E-state index contributed by atoms with van der Waals surface area (Å²) in [5.41, 5.74) is 0.417. The molecule has 0 radical (unpaired) electrons. The Morgan fingerprint density at radius 1 is 1.37 bits per heavy atom. The van der Waals surface area contributed by atoms with Gasteiger partial charge in [-0.25, -0.2) is 0 Å². The Balaban J connectivity index is 2.41. The first-order valence-electron chi connectivity index (χ1n) is 5.73. The Morgan fingerprint density at radius 2 is 2.00 bits per heavy atom. The Morgan fingerprint density at radius 3 is 2.58 bits per heavy atom. The third kappa shape index (κ3) is 2.82. The summed E-state index contributed by atoms with van der Waals surface area (Å²) < 4.78 is 6.46. The van der Waals surface area contributed by atoms with Crippen LogP contribution in [-0.2, 0) is 0 Å². The van der Waals surface area contributed by atoms with Crippen molar-refractivity contribution in [2.45, 2.75) is 20.0 Å². The molecule has 0 atom stereocenters. The first-order valence-corrected chi connectivity index (χ1v) is 6.14. The van der Waals surface area contributed by atoms with Crippen LogP contribution in [0.4, 0.5) is 0 Å². The lowest BCUT2D eigenvalue weighted by Gasteiger charge is -2.09. The molecule has 0 unspecified atom stereocenters. The summed E-state index contributed by atoms with van der Waals surface area (Å²) >= 11 is 4.82. The van der Waals surface area contributed by atoms with E-state index in [1.165, 1.54) is 0 Å². The number of aromatic nitrogens is 3. The third-order valence-corrected chi connectivity index (χ3v) is 2.69. The fourth-order valence-electron chi connectivity index (χ4n) is 1.56. The summed E-state index contributed by atoms with van der Waals surface area (Å²) in [7, 11) is 0. The lowest BCUT2D eigenvalue weighted by Crippen LogP contribution is -2.30. The molecule has 7 heteroatoms. The molecule has 3 N–H and O–H groups in total. The molecule has 2 aromatic rings. The molecule has 1 aromatic carbocycles. The van der Waals surface area contributed by atoms with Crippen LogP contribution in [0, 0.1) is 4.77 Å². The minimum Gasteiger partial charge on any atom is -0.491 e. The third-order valence-electron chi connectivity index (χ3n) is 2.40. The van der Waals surface area contributed by atoms with Crippen molar-refractivity contribution in [2.75, 3.05) is 5.84 Å². The number of H-pyrrole nitrogens is 1. The number of nitrogens with zero attached hydrogens (tertiary/aromatic N) is 2. The lowest BCUT2D eigenvalue weighted by molar-refractivity contribution is 0.242. The van der Waals surface area contributed by atoms with Crippen molar-refractivity contribution in [3.63, 3.8) is 0 Å². The van der Waals surface area contributed by atoms with Crippen molar-refractivity contribution in [1.29, 1.82) is 0 Å². The van der Waals surface area contributed by atoms with Gasteiger partial charge in [0.05, 0.1) is 6.10 Å². The molecule has 0 spiro atoms. The highest BCUT2D eigenvalue weighted by atomic mass is 32.1. The van der Waals surface area contributed by atoms with Gasteiger partial charge in [-0.05, 0) is 50.3 Å². The van der Waals surface area contributed by atoms with E-state index in [4.69, 9.17) is 22.8 Å². The molecule has 0 saturated carbocycles. The highest BCUT2D eigenvalue weighted by Crippen LogP contribution is 2.18. The zero-order valence-electron chi connectivity index (χ0n) is 10.6. The molecule has 1 heterocycles. The van der Waals surface area contributed by atoms with E-state index in [0.29, 0.717) is 5.56 Å². The van der Waals surface area contributed by atoms with Crippen LogP contribution in [0.25, 0.3) is 11.3 Å². The zero-order valence-corrected chi connectivity index (χ0v) is 11.4. The smallest absolute Gasteiger partial charge is 0.299 e. The van der Waals surface area contributed by atoms with Crippen molar-refractivity contribution in [3.05, 3.63) is 39.4 Å². The average Bonchev–Trinajstić information content (AvgIpc) is 2.37. The van der Waals surface area contributed by atoms with Crippen molar-refractivity contribution in [2.24, 2.45) is 0 Å². The first kappa shape index (κ1) is 13.3. The maximum Gasteiger partial charge on any atom is 0.299 e. The van der Waals surface area contributed by atoms with Gasteiger partial charge in [0, 0.05) is 5.56 Å². The molecule has 0 amide bonds. The fourth-order valence-corrected chi connectivity index (χ4v) is 1.69. The van der Waals surface area contributed by atoms with E-state index in [0.717, 1.165) is 10.4 Å². The molecule has 0 aliphatic carbocycles. The molecule has 100 valence electrons. The molecular formula is C12H14N4O2S. The minimum atomic E-state index is -0.443. The second-order valence-corrected chi connectivity index (χ2v) is 4.63. The molecule has 19 heavy (non-hydrogen) atoms. The van der Waals surface area contributed by atoms with E-state index in [9.17, 15) is 4.79 Å². The zero-order chi connectivity index (χ0) is 14.0. The van der Waals surface area contributed by atoms with Gasteiger partial charge >= 0.3 is 0 Å². The first-order chi connectivity index (χ1) is 8.99. The van der Waals surface area contributed by atoms with Gasteiger partial charge in [-0.1, -0.05) is 0 Å². The maximum absolute atomic E-state index is 11.9. The standard InChI is InChI=1S/C12H14N4O2S/c1-7(2)18-9-5-3-8(4-6-9)10-11(17)16(13)12(19)15-14-10/h3-7H,13H2,1-2H3,(H,15,19). The van der Waals surface area contributed by atoms with Crippen molar-refractivity contribution in [3.8, 4) is 17.0 Å². The predicted molar refractivity (Wildman–Crippen MR) is 75.0 cm³/mol. The van der Waals surface area contributed by atoms with E-state index < -0.39 is 5.56 Å². The van der Waals surface area contributed by atoms with Crippen molar-refractivity contribution >= 4 is 12.2 Å². The number of aromatic amines is 1. The lowest BCUT2D eigenvalue weighted by atomic mass is 10.1. The average molecular weight is 278 g/mol. The molecule has 1 aromatic heterocycles. The van der Waals surface area contributed by atoms with E-state index in [-0.39, 0.29) is 16.6 Å². The monoisotopic (exact) mass is 278 g/mol. The maximum atomic E-state index is 11.9. The van der Waals surface area contributed by atoms with Crippen molar-refractivity contribution in [1.82, 2.24) is 14.9 Å². The fraction of sp³-hybridized carbons (Fsp3) is 0.250. The Labute approximate surface area is 114 Å². The number of nitrogen functional groups attached to an aromatic ring is 1. The second kappa shape index (κ2) is 5.23. The van der Waals surface area contributed by atoms with E-state index in [1.807, 2.05) is 13.8 Å². The number of benzene rings is 1. The molecular weight excluding hydrogens is 264 g/mol. The molecule has 6 nitrogen and oxygen atoms in total. The largest absolute Gasteiger partial charge is 0.491 e. The second-order valence-electron chi connectivity index (χ2n) is 4.24. The van der Waals surface area contributed by atoms with Crippen LogP contribution in [0.15, 0.2) is 29.1 Å². The van der Waals surface area contributed by atoms with Gasteiger partial charge in [0.15, 0.2) is 5.69 Å². The molecule has 0 fully saturated rings. The van der Waals surface area contributed by atoms with Gasteiger partial charge in [-0.2, -0.15) is 9.77 Å². The van der Waals surface area contributed by atoms with E-state index in [1.54, 1.807) is 24.3 Å². The van der Waals surface area contributed by atoms with Gasteiger partial charge in [-0.3, -0.25) is 9.89 Å².